The standard InChI is InChI=1S/C11H17NO2/c1-9(11-3-2-6-13-11)14-8-10-4-5-12-7-10/h2-3,6,9-10,12H,4-5,7-8H2,1H3/t9-,10-/m1/s1. The Balaban J connectivity index is 1.74. The Kier molecular flexibility index (Phi) is 3.22. The molecule has 0 bridgehead atoms. The SMILES string of the molecule is C[C@@H](OC[C@@H]1CCNC1)c1ccco1. The molecule has 0 aliphatic carbocycles. The van der Waals surface area contributed by atoms with Gasteiger partial charge in [-0.25, -0.2) is 0 Å². The molecule has 0 spiro atoms. The lowest BCUT2D eigenvalue weighted by molar-refractivity contribution is 0.0306. The highest BCUT2D eigenvalue weighted by molar-refractivity contribution is 5.00. The van der Waals surface area contributed by atoms with E-state index < -0.39 is 0 Å². The zero-order chi connectivity index (χ0) is 9.80. The minimum absolute atomic E-state index is 0.0746. The number of rotatable bonds is 4. The van der Waals surface area contributed by atoms with E-state index in [0.717, 1.165) is 25.5 Å². The van der Waals surface area contributed by atoms with Crippen LogP contribution in [0.15, 0.2) is 22.8 Å². The van der Waals surface area contributed by atoms with E-state index in [4.69, 9.17) is 9.15 Å². The lowest BCUT2D eigenvalue weighted by Crippen LogP contribution is -2.14. The molecule has 1 aromatic rings. The molecule has 2 heterocycles. The van der Waals surface area contributed by atoms with Crippen LogP contribution >= 0.6 is 0 Å². The molecule has 1 N–H and O–H groups in total. The van der Waals surface area contributed by atoms with Crippen LogP contribution in [-0.2, 0) is 4.74 Å². The van der Waals surface area contributed by atoms with Crippen molar-refractivity contribution in [3.8, 4) is 0 Å². The molecule has 1 fully saturated rings. The fraction of sp³-hybridized carbons (Fsp3) is 0.636. The highest BCUT2D eigenvalue weighted by Gasteiger charge is 2.17. The Morgan fingerprint density at radius 1 is 1.71 bits per heavy atom. The largest absolute Gasteiger partial charge is 0.467 e. The molecule has 1 aliphatic rings. The summed E-state index contributed by atoms with van der Waals surface area (Å²) in [5.74, 6) is 1.59. The summed E-state index contributed by atoms with van der Waals surface area (Å²) in [4.78, 5) is 0. The van der Waals surface area contributed by atoms with E-state index in [-0.39, 0.29) is 6.10 Å². The summed E-state index contributed by atoms with van der Waals surface area (Å²) in [6, 6.07) is 3.85. The molecule has 2 rings (SSSR count). The lowest BCUT2D eigenvalue weighted by Gasteiger charge is -2.13. The van der Waals surface area contributed by atoms with Gasteiger partial charge in [-0.05, 0) is 37.9 Å². The predicted octanol–water partition coefficient (Wildman–Crippen LogP) is 1.97. The van der Waals surface area contributed by atoms with Gasteiger partial charge in [-0.1, -0.05) is 0 Å². The highest BCUT2D eigenvalue weighted by Crippen LogP contribution is 2.19. The number of hydrogen-bond acceptors (Lipinski definition) is 3. The fourth-order valence-corrected chi connectivity index (χ4v) is 1.74. The average molecular weight is 195 g/mol. The van der Waals surface area contributed by atoms with Crippen molar-refractivity contribution in [1.29, 1.82) is 0 Å². The van der Waals surface area contributed by atoms with Gasteiger partial charge in [0, 0.05) is 6.54 Å². The highest BCUT2D eigenvalue weighted by atomic mass is 16.5. The smallest absolute Gasteiger partial charge is 0.132 e. The van der Waals surface area contributed by atoms with Crippen LogP contribution in [0.2, 0.25) is 0 Å². The first-order chi connectivity index (χ1) is 6.86. The summed E-state index contributed by atoms with van der Waals surface area (Å²) in [5.41, 5.74) is 0. The number of ether oxygens (including phenoxy) is 1. The van der Waals surface area contributed by atoms with Crippen molar-refractivity contribution in [3.63, 3.8) is 0 Å². The van der Waals surface area contributed by atoms with Gasteiger partial charge >= 0.3 is 0 Å². The van der Waals surface area contributed by atoms with Gasteiger partial charge < -0.3 is 14.5 Å². The lowest BCUT2D eigenvalue weighted by atomic mass is 10.1. The average Bonchev–Trinajstić information content (AvgIpc) is 2.87. The molecular formula is C11H17NO2. The molecule has 78 valence electrons. The third kappa shape index (κ3) is 2.36. The number of hydrogen-bond donors (Lipinski definition) is 1. The van der Waals surface area contributed by atoms with Gasteiger partial charge in [0.05, 0.1) is 12.9 Å². The number of furan rings is 1. The van der Waals surface area contributed by atoms with E-state index in [9.17, 15) is 0 Å². The second kappa shape index (κ2) is 4.62. The first-order valence-corrected chi connectivity index (χ1v) is 5.22. The molecule has 1 aromatic heterocycles. The van der Waals surface area contributed by atoms with E-state index in [2.05, 4.69) is 5.32 Å². The van der Waals surface area contributed by atoms with Crippen molar-refractivity contribution in [2.75, 3.05) is 19.7 Å². The molecule has 0 amide bonds. The van der Waals surface area contributed by atoms with Crippen molar-refractivity contribution in [1.82, 2.24) is 5.32 Å². The summed E-state index contributed by atoms with van der Waals surface area (Å²) >= 11 is 0. The summed E-state index contributed by atoms with van der Waals surface area (Å²) in [5, 5.41) is 3.33. The summed E-state index contributed by atoms with van der Waals surface area (Å²) in [6.07, 6.45) is 2.99. The zero-order valence-corrected chi connectivity index (χ0v) is 8.53. The van der Waals surface area contributed by atoms with Gasteiger partial charge in [-0.3, -0.25) is 0 Å². The van der Waals surface area contributed by atoms with Gasteiger partial charge in [0.25, 0.3) is 0 Å². The Morgan fingerprint density at radius 3 is 3.29 bits per heavy atom. The van der Waals surface area contributed by atoms with Crippen molar-refractivity contribution in [2.45, 2.75) is 19.4 Å². The van der Waals surface area contributed by atoms with Crippen LogP contribution in [0.5, 0.6) is 0 Å². The topological polar surface area (TPSA) is 34.4 Å². The second-order valence-electron chi connectivity index (χ2n) is 3.85. The van der Waals surface area contributed by atoms with Crippen molar-refractivity contribution in [3.05, 3.63) is 24.2 Å². The molecule has 0 aromatic carbocycles. The van der Waals surface area contributed by atoms with Crippen molar-refractivity contribution < 1.29 is 9.15 Å². The normalized spacial score (nSPS) is 23.9. The van der Waals surface area contributed by atoms with Crippen molar-refractivity contribution >= 4 is 0 Å². The van der Waals surface area contributed by atoms with E-state index in [1.54, 1.807) is 6.26 Å². The molecule has 0 saturated carbocycles. The van der Waals surface area contributed by atoms with Crippen LogP contribution in [0.3, 0.4) is 0 Å². The van der Waals surface area contributed by atoms with Gasteiger partial charge in [0.15, 0.2) is 0 Å². The van der Waals surface area contributed by atoms with Gasteiger partial charge in [-0.2, -0.15) is 0 Å². The molecule has 1 saturated heterocycles. The molecule has 3 nitrogen and oxygen atoms in total. The minimum atomic E-state index is 0.0746. The third-order valence-corrected chi connectivity index (χ3v) is 2.69. The van der Waals surface area contributed by atoms with Gasteiger partial charge in [0.2, 0.25) is 0 Å². The molecule has 0 radical (unpaired) electrons. The Bertz CT molecular complexity index is 252. The molecule has 3 heteroatoms. The molecular weight excluding hydrogens is 178 g/mol. The molecule has 2 atom stereocenters. The maximum atomic E-state index is 5.74. The maximum absolute atomic E-state index is 5.74. The zero-order valence-electron chi connectivity index (χ0n) is 8.53. The fourth-order valence-electron chi connectivity index (χ4n) is 1.74. The van der Waals surface area contributed by atoms with E-state index >= 15 is 0 Å². The van der Waals surface area contributed by atoms with Gasteiger partial charge in [0.1, 0.15) is 11.9 Å². The monoisotopic (exact) mass is 195 g/mol. The summed E-state index contributed by atoms with van der Waals surface area (Å²) in [6.45, 7) is 5.07. The molecule has 0 unspecified atom stereocenters. The predicted molar refractivity (Wildman–Crippen MR) is 54.1 cm³/mol. The van der Waals surface area contributed by atoms with Crippen LogP contribution < -0.4 is 5.32 Å². The van der Waals surface area contributed by atoms with E-state index in [1.807, 2.05) is 19.1 Å². The second-order valence-corrected chi connectivity index (χ2v) is 3.85. The van der Waals surface area contributed by atoms with Crippen LogP contribution in [0.4, 0.5) is 0 Å². The Hall–Kier alpha value is -0.800. The molecule has 14 heavy (non-hydrogen) atoms. The first kappa shape index (κ1) is 9.74. The van der Waals surface area contributed by atoms with E-state index in [1.165, 1.54) is 6.42 Å². The van der Waals surface area contributed by atoms with Crippen LogP contribution in [0.25, 0.3) is 0 Å². The van der Waals surface area contributed by atoms with Crippen molar-refractivity contribution in [2.24, 2.45) is 5.92 Å². The molecule has 1 aliphatic heterocycles. The van der Waals surface area contributed by atoms with Crippen LogP contribution in [0.1, 0.15) is 25.2 Å². The third-order valence-electron chi connectivity index (χ3n) is 2.69. The maximum Gasteiger partial charge on any atom is 0.132 e. The Labute approximate surface area is 84.4 Å². The number of nitrogens with one attached hydrogen (secondary N) is 1. The first-order valence-electron chi connectivity index (χ1n) is 5.22. The van der Waals surface area contributed by atoms with Gasteiger partial charge in [-0.15, -0.1) is 0 Å². The quantitative estimate of drug-likeness (QED) is 0.797. The van der Waals surface area contributed by atoms with Crippen LogP contribution in [-0.4, -0.2) is 19.7 Å². The van der Waals surface area contributed by atoms with Crippen LogP contribution in [0, 0.1) is 5.92 Å². The minimum Gasteiger partial charge on any atom is -0.467 e. The summed E-state index contributed by atoms with van der Waals surface area (Å²) in [7, 11) is 0. The van der Waals surface area contributed by atoms with E-state index in [0.29, 0.717) is 5.92 Å². The Morgan fingerprint density at radius 2 is 2.64 bits per heavy atom. The summed E-state index contributed by atoms with van der Waals surface area (Å²) < 4.78 is 11.0.